The average Bonchev–Trinajstić information content (AvgIpc) is 2.39. The monoisotopic (exact) mass is 325 g/mol. The summed E-state index contributed by atoms with van der Waals surface area (Å²) in [7, 11) is 2.15. The fourth-order valence-corrected chi connectivity index (χ4v) is 3.24. The van der Waals surface area contributed by atoms with Crippen LogP contribution in [-0.4, -0.2) is 23.6 Å². The van der Waals surface area contributed by atoms with Crippen LogP contribution in [0.5, 0.6) is 0 Å². The molecule has 1 saturated carbocycles. The largest absolute Gasteiger partial charge is 0.359 e. The standard InChI is InChI=1S/C15H24BrN3/c1-3-7-14-17-13(16)10-15(18-14)19(2)11-12-8-5-4-6-9-12/h10,12H,3-9,11H2,1-2H3. The summed E-state index contributed by atoms with van der Waals surface area (Å²) in [4.78, 5) is 11.4. The van der Waals surface area contributed by atoms with Crippen molar-refractivity contribution < 1.29 is 0 Å². The van der Waals surface area contributed by atoms with Gasteiger partial charge in [0.25, 0.3) is 0 Å². The topological polar surface area (TPSA) is 29.0 Å². The molecular weight excluding hydrogens is 302 g/mol. The van der Waals surface area contributed by atoms with Gasteiger partial charge >= 0.3 is 0 Å². The van der Waals surface area contributed by atoms with Crippen molar-refractivity contribution in [3.8, 4) is 0 Å². The Bertz CT molecular complexity index is 402. The van der Waals surface area contributed by atoms with Crippen molar-refractivity contribution in [1.82, 2.24) is 9.97 Å². The molecule has 1 aromatic heterocycles. The Labute approximate surface area is 125 Å². The lowest BCUT2D eigenvalue weighted by atomic mass is 9.89. The van der Waals surface area contributed by atoms with E-state index in [-0.39, 0.29) is 0 Å². The highest BCUT2D eigenvalue weighted by atomic mass is 79.9. The molecule has 1 aliphatic carbocycles. The minimum absolute atomic E-state index is 0.835. The predicted octanol–water partition coefficient (Wildman–Crippen LogP) is 4.21. The molecule has 0 atom stereocenters. The van der Waals surface area contributed by atoms with Crippen LogP contribution in [0.4, 0.5) is 5.82 Å². The third-order valence-electron chi connectivity index (χ3n) is 3.85. The number of hydrogen-bond acceptors (Lipinski definition) is 3. The Balaban J connectivity index is 2.02. The summed E-state index contributed by atoms with van der Waals surface area (Å²) in [5.41, 5.74) is 0. The third-order valence-corrected chi connectivity index (χ3v) is 4.26. The molecule has 0 aromatic carbocycles. The third kappa shape index (κ3) is 4.44. The average molecular weight is 326 g/mol. The van der Waals surface area contributed by atoms with Gasteiger partial charge in [-0.05, 0) is 41.1 Å². The van der Waals surface area contributed by atoms with E-state index in [0.717, 1.165) is 41.5 Å². The van der Waals surface area contributed by atoms with Crippen LogP contribution in [0.1, 0.15) is 51.3 Å². The highest BCUT2D eigenvalue weighted by Crippen LogP contribution is 2.26. The van der Waals surface area contributed by atoms with E-state index >= 15 is 0 Å². The first-order valence-corrected chi connectivity index (χ1v) is 8.23. The zero-order valence-corrected chi connectivity index (χ0v) is 13.6. The Kier molecular flexibility index (Phi) is 5.61. The van der Waals surface area contributed by atoms with E-state index in [1.54, 1.807) is 0 Å². The molecule has 2 rings (SSSR count). The summed E-state index contributed by atoms with van der Waals surface area (Å²) in [6, 6.07) is 2.03. The minimum atomic E-state index is 0.835. The molecule has 0 spiro atoms. The molecule has 1 heterocycles. The molecule has 4 heteroatoms. The first-order valence-electron chi connectivity index (χ1n) is 7.43. The van der Waals surface area contributed by atoms with Gasteiger partial charge < -0.3 is 4.90 Å². The van der Waals surface area contributed by atoms with E-state index in [9.17, 15) is 0 Å². The number of aromatic nitrogens is 2. The van der Waals surface area contributed by atoms with Crippen molar-refractivity contribution in [3.63, 3.8) is 0 Å². The molecule has 19 heavy (non-hydrogen) atoms. The van der Waals surface area contributed by atoms with Crippen molar-refractivity contribution in [2.45, 2.75) is 51.9 Å². The Hall–Kier alpha value is -0.640. The predicted molar refractivity (Wildman–Crippen MR) is 83.6 cm³/mol. The molecule has 0 N–H and O–H groups in total. The number of rotatable bonds is 5. The smallest absolute Gasteiger partial charge is 0.133 e. The summed E-state index contributed by atoms with van der Waals surface area (Å²) in [6.07, 6.45) is 8.99. The van der Waals surface area contributed by atoms with Gasteiger partial charge in [-0.2, -0.15) is 0 Å². The van der Waals surface area contributed by atoms with Crippen molar-refractivity contribution in [2.24, 2.45) is 5.92 Å². The van der Waals surface area contributed by atoms with E-state index in [1.165, 1.54) is 32.1 Å². The number of hydrogen-bond donors (Lipinski definition) is 0. The first-order chi connectivity index (χ1) is 9.19. The molecule has 1 fully saturated rings. The van der Waals surface area contributed by atoms with Crippen LogP contribution < -0.4 is 4.90 Å². The maximum Gasteiger partial charge on any atom is 0.133 e. The van der Waals surface area contributed by atoms with E-state index in [1.807, 2.05) is 6.07 Å². The lowest BCUT2D eigenvalue weighted by Gasteiger charge is -2.27. The highest BCUT2D eigenvalue weighted by molar-refractivity contribution is 9.10. The quantitative estimate of drug-likeness (QED) is 0.759. The number of halogens is 1. The van der Waals surface area contributed by atoms with Crippen LogP contribution in [-0.2, 0) is 6.42 Å². The van der Waals surface area contributed by atoms with Crippen molar-refractivity contribution in [2.75, 3.05) is 18.5 Å². The van der Waals surface area contributed by atoms with Gasteiger partial charge in [-0.25, -0.2) is 9.97 Å². The second-order valence-corrected chi connectivity index (χ2v) is 6.41. The second kappa shape index (κ2) is 7.22. The minimum Gasteiger partial charge on any atom is -0.359 e. The Morgan fingerprint density at radius 2 is 2.00 bits per heavy atom. The molecule has 1 aliphatic rings. The lowest BCUT2D eigenvalue weighted by molar-refractivity contribution is 0.361. The molecular formula is C15H24BrN3. The van der Waals surface area contributed by atoms with E-state index < -0.39 is 0 Å². The summed E-state index contributed by atoms with van der Waals surface area (Å²) in [6.45, 7) is 3.28. The van der Waals surface area contributed by atoms with Gasteiger partial charge in [-0.1, -0.05) is 26.2 Å². The van der Waals surface area contributed by atoms with E-state index in [0.29, 0.717) is 0 Å². The summed E-state index contributed by atoms with van der Waals surface area (Å²) in [5.74, 6) is 2.83. The summed E-state index contributed by atoms with van der Waals surface area (Å²) in [5, 5.41) is 0. The number of aryl methyl sites for hydroxylation is 1. The molecule has 0 radical (unpaired) electrons. The van der Waals surface area contributed by atoms with Crippen LogP contribution in [0.15, 0.2) is 10.7 Å². The van der Waals surface area contributed by atoms with E-state index in [2.05, 4.69) is 44.8 Å². The maximum absolute atomic E-state index is 4.67. The molecule has 0 aliphatic heterocycles. The number of nitrogens with zero attached hydrogens (tertiary/aromatic N) is 3. The molecule has 3 nitrogen and oxygen atoms in total. The SMILES string of the molecule is CCCc1nc(Br)cc(N(C)CC2CCCCC2)n1. The van der Waals surface area contributed by atoms with Gasteiger partial charge in [0.1, 0.15) is 16.2 Å². The first kappa shape index (κ1) is 14.8. The summed E-state index contributed by atoms with van der Waals surface area (Å²) < 4.78 is 0.899. The molecule has 0 saturated heterocycles. The number of anilines is 1. The Morgan fingerprint density at radius 1 is 1.26 bits per heavy atom. The molecule has 1 aromatic rings. The normalized spacial score (nSPS) is 16.6. The molecule has 0 bridgehead atoms. The van der Waals surface area contributed by atoms with Gasteiger partial charge in [0.2, 0.25) is 0 Å². The van der Waals surface area contributed by atoms with E-state index in [4.69, 9.17) is 0 Å². The van der Waals surface area contributed by atoms with Crippen LogP contribution in [0.3, 0.4) is 0 Å². The van der Waals surface area contributed by atoms with Crippen molar-refractivity contribution in [1.29, 1.82) is 0 Å². The molecule has 0 amide bonds. The zero-order valence-electron chi connectivity index (χ0n) is 12.0. The van der Waals surface area contributed by atoms with Crippen LogP contribution in [0.25, 0.3) is 0 Å². The maximum atomic E-state index is 4.67. The van der Waals surface area contributed by atoms with Crippen molar-refractivity contribution in [3.05, 3.63) is 16.5 Å². The Morgan fingerprint density at radius 3 is 2.68 bits per heavy atom. The van der Waals surface area contributed by atoms with Crippen LogP contribution in [0.2, 0.25) is 0 Å². The highest BCUT2D eigenvalue weighted by Gasteiger charge is 2.16. The van der Waals surface area contributed by atoms with Gasteiger partial charge in [0, 0.05) is 26.1 Å². The fourth-order valence-electron chi connectivity index (χ4n) is 2.83. The molecule has 0 unspecified atom stereocenters. The van der Waals surface area contributed by atoms with Gasteiger partial charge in [-0.3, -0.25) is 0 Å². The second-order valence-electron chi connectivity index (χ2n) is 5.60. The van der Waals surface area contributed by atoms with Gasteiger partial charge in [-0.15, -0.1) is 0 Å². The van der Waals surface area contributed by atoms with Gasteiger partial charge in [0.15, 0.2) is 0 Å². The zero-order chi connectivity index (χ0) is 13.7. The fraction of sp³-hybridized carbons (Fsp3) is 0.733. The van der Waals surface area contributed by atoms with Crippen molar-refractivity contribution >= 4 is 21.7 Å². The molecule has 106 valence electrons. The van der Waals surface area contributed by atoms with Crippen LogP contribution >= 0.6 is 15.9 Å². The van der Waals surface area contributed by atoms with Gasteiger partial charge in [0.05, 0.1) is 0 Å². The lowest BCUT2D eigenvalue weighted by Crippen LogP contribution is -2.27. The summed E-state index contributed by atoms with van der Waals surface area (Å²) >= 11 is 3.50. The van der Waals surface area contributed by atoms with Crippen LogP contribution in [0, 0.1) is 5.92 Å².